The highest BCUT2D eigenvalue weighted by atomic mass is 127. The Morgan fingerprint density at radius 2 is 1.92 bits per heavy atom. The maximum Gasteiger partial charge on any atom is 0.191 e. The van der Waals surface area contributed by atoms with Crippen molar-refractivity contribution in [3.05, 3.63) is 48.3 Å². The van der Waals surface area contributed by atoms with Crippen LogP contribution in [-0.4, -0.2) is 36.8 Å². The van der Waals surface area contributed by atoms with Crippen LogP contribution in [0.15, 0.2) is 47.7 Å². The predicted octanol–water partition coefficient (Wildman–Crippen LogP) is 3.17. The third-order valence-corrected chi connectivity index (χ3v) is 3.61. The first-order chi connectivity index (χ1) is 12.1. The van der Waals surface area contributed by atoms with Crippen LogP contribution in [0.2, 0.25) is 0 Å². The number of aliphatic imine (C=N–C) groups is 1. The van der Waals surface area contributed by atoms with E-state index < -0.39 is 0 Å². The molecule has 7 heteroatoms. The Balaban J connectivity index is 0.00000338. The first-order valence-electron chi connectivity index (χ1n) is 8.55. The molecular formula is C19H29IN4O2. The van der Waals surface area contributed by atoms with E-state index in [9.17, 15) is 0 Å². The second-order valence-corrected chi connectivity index (χ2v) is 5.84. The molecule has 0 aliphatic heterocycles. The molecule has 6 nitrogen and oxygen atoms in total. The van der Waals surface area contributed by atoms with Crippen molar-refractivity contribution in [2.45, 2.75) is 26.5 Å². The second-order valence-electron chi connectivity index (χ2n) is 5.84. The van der Waals surface area contributed by atoms with E-state index in [-0.39, 0.29) is 30.1 Å². The molecule has 0 radical (unpaired) electrons. The zero-order valence-electron chi connectivity index (χ0n) is 15.9. The van der Waals surface area contributed by atoms with Crippen LogP contribution in [0.1, 0.15) is 19.4 Å². The van der Waals surface area contributed by atoms with Gasteiger partial charge in [-0.25, -0.2) is 4.99 Å². The molecule has 0 bridgehead atoms. The van der Waals surface area contributed by atoms with Gasteiger partial charge in [0.05, 0.1) is 20.2 Å². The third kappa shape index (κ3) is 7.15. The smallest absolute Gasteiger partial charge is 0.191 e. The molecule has 0 saturated heterocycles. The van der Waals surface area contributed by atoms with Crippen LogP contribution < -0.4 is 20.1 Å². The molecule has 2 N–H and O–H groups in total. The summed E-state index contributed by atoms with van der Waals surface area (Å²) in [5.41, 5.74) is 1.18. The summed E-state index contributed by atoms with van der Waals surface area (Å²) in [6, 6.07) is 9.73. The van der Waals surface area contributed by atoms with Crippen LogP contribution in [0.4, 0.5) is 0 Å². The number of aromatic nitrogens is 1. The van der Waals surface area contributed by atoms with E-state index in [0.29, 0.717) is 13.1 Å². The Kier molecular flexibility index (Phi) is 9.93. The van der Waals surface area contributed by atoms with Crippen molar-refractivity contribution >= 4 is 29.9 Å². The molecule has 2 rings (SSSR count). The van der Waals surface area contributed by atoms with Crippen molar-refractivity contribution in [2.75, 3.05) is 20.2 Å². The lowest BCUT2D eigenvalue weighted by atomic mass is 10.3. The molecule has 0 spiro atoms. The molecule has 0 aliphatic rings. The number of halogens is 1. The maximum absolute atomic E-state index is 5.96. The molecule has 0 saturated carbocycles. The molecule has 144 valence electrons. The Hall–Kier alpha value is -1.90. The number of para-hydroxylation sites is 2. The average molecular weight is 472 g/mol. The molecule has 0 amide bonds. The van der Waals surface area contributed by atoms with Crippen molar-refractivity contribution in [3.63, 3.8) is 0 Å². The Bertz CT molecular complexity index is 688. The zero-order chi connectivity index (χ0) is 18.1. The van der Waals surface area contributed by atoms with Crippen LogP contribution in [0.5, 0.6) is 11.5 Å². The molecule has 1 atom stereocenters. The highest BCUT2D eigenvalue weighted by Gasteiger charge is 2.09. The van der Waals surface area contributed by atoms with Crippen LogP contribution in [0.3, 0.4) is 0 Å². The van der Waals surface area contributed by atoms with Crippen molar-refractivity contribution < 1.29 is 9.47 Å². The molecule has 1 heterocycles. The van der Waals surface area contributed by atoms with E-state index in [2.05, 4.69) is 34.8 Å². The monoisotopic (exact) mass is 472 g/mol. The topological polar surface area (TPSA) is 59.8 Å². The Labute approximate surface area is 173 Å². The molecular weight excluding hydrogens is 443 g/mol. The van der Waals surface area contributed by atoms with Crippen molar-refractivity contribution in [1.29, 1.82) is 0 Å². The van der Waals surface area contributed by atoms with Gasteiger partial charge in [0.1, 0.15) is 6.10 Å². The fraction of sp³-hybridized carbons (Fsp3) is 0.421. The highest BCUT2D eigenvalue weighted by molar-refractivity contribution is 14.0. The SMILES string of the molecule is CCNC(=NCc1ccn(C)c1)NCC(C)Oc1ccccc1OC.I. The average Bonchev–Trinajstić information content (AvgIpc) is 3.03. The summed E-state index contributed by atoms with van der Waals surface area (Å²) >= 11 is 0. The quantitative estimate of drug-likeness (QED) is 0.352. The maximum atomic E-state index is 5.96. The number of ether oxygens (including phenoxy) is 2. The lowest BCUT2D eigenvalue weighted by Crippen LogP contribution is -2.41. The summed E-state index contributed by atoms with van der Waals surface area (Å²) in [4.78, 5) is 4.61. The van der Waals surface area contributed by atoms with Gasteiger partial charge in [-0.15, -0.1) is 24.0 Å². The Morgan fingerprint density at radius 1 is 1.19 bits per heavy atom. The lowest BCUT2D eigenvalue weighted by molar-refractivity contribution is 0.213. The fourth-order valence-corrected chi connectivity index (χ4v) is 2.38. The molecule has 26 heavy (non-hydrogen) atoms. The van der Waals surface area contributed by atoms with Gasteiger partial charge in [0, 0.05) is 26.0 Å². The number of guanidine groups is 1. The van der Waals surface area contributed by atoms with Gasteiger partial charge in [-0.1, -0.05) is 12.1 Å². The molecule has 0 fully saturated rings. The number of hydrogen-bond acceptors (Lipinski definition) is 3. The molecule has 0 aliphatic carbocycles. The number of benzene rings is 1. The summed E-state index contributed by atoms with van der Waals surface area (Å²) in [5.74, 6) is 2.26. The van der Waals surface area contributed by atoms with E-state index in [1.54, 1.807) is 7.11 Å². The van der Waals surface area contributed by atoms with E-state index >= 15 is 0 Å². The van der Waals surface area contributed by atoms with Crippen LogP contribution in [0.25, 0.3) is 0 Å². The van der Waals surface area contributed by atoms with Gasteiger partial charge in [0.2, 0.25) is 0 Å². The first kappa shape index (κ1) is 22.1. The van der Waals surface area contributed by atoms with Gasteiger partial charge in [-0.05, 0) is 37.6 Å². The third-order valence-electron chi connectivity index (χ3n) is 3.61. The molecule has 1 aromatic heterocycles. The number of nitrogens with one attached hydrogen (secondary N) is 2. The van der Waals surface area contributed by atoms with Gasteiger partial charge < -0.3 is 24.7 Å². The first-order valence-corrected chi connectivity index (χ1v) is 8.55. The predicted molar refractivity (Wildman–Crippen MR) is 117 cm³/mol. The number of aryl methyl sites for hydroxylation is 1. The lowest BCUT2D eigenvalue weighted by Gasteiger charge is -2.19. The number of hydrogen-bond donors (Lipinski definition) is 2. The number of rotatable bonds is 8. The largest absolute Gasteiger partial charge is 0.493 e. The van der Waals surface area contributed by atoms with Crippen molar-refractivity contribution in [2.24, 2.45) is 12.0 Å². The second kappa shape index (κ2) is 11.7. The molecule has 2 aromatic rings. The summed E-state index contributed by atoms with van der Waals surface area (Å²) in [6.45, 7) is 6.15. The highest BCUT2D eigenvalue weighted by Crippen LogP contribution is 2.26. The van der Waals surface area contributed by atoms with Gasteiger partial charge >= 0.3 is 0 Å². The summed E-state index contributed by atoms with van der Waals surface area (Å²) in [7, 11) is 3.65. The van der Waals surface area contributed by atoms with E-state index in [1.165, 1.54) is 5.56 Å². The van der Waals surface area contributed by atoms with Crippen LogP contribution in [-0.2, 0) is 13.6 Å². The molecule has 1 unspecified atom stereocenters. The minimum atomic E-state index is -0.0307. The van der Waals surface area contributed by atoms with E-state index in [1.807, 2.05) is 49.0 Å². The summed E-state index contributed by atoms with van der Waals surface area (Å²) < 4.78 is 13.3. The van der Waals surface area contributed by atoms with Crippen molar-refractivity contribution in [3.8, 4) is 11.5 Å². The van der Waals surface area contributed by atoms with Crippen LogP contribution >= 0.6 is 24.0 Å². The van der Waals surface area contributed by atoms with Gasteiger partial charge in [-0.3, -0.25) is 0 Å². The normalized spacial score (nSPS) is 12.1. The van der Waals surface area contributed by atoms with Gasteiger partial charge in [0.15, 0.2) is 17.5 Å². The van der Waals surface area contributed by atoms with E-state index in [4.69, 9.17) is 9.47 Å². The zero-order valence-corrected chi connectivity index (χ0v) is 18.2. The number of nitrogens with zero attached hydrogens (tertiary/aromatic N) is 2. The summed E-state index contributed by atoms with van der Waals surface area (Å²) in [5, 5.41) is 6.57. The molecule has 1 aromatic carbocycles. The van der Waals surface area contributed by atoms with Gasteiger partial charge in [0.25, 0.3) is 0 Å². The fourth-order valence-electron chi connectivity index (χ4n) is 2.38. The number of methoxy groups -OCH3 is 1. The minimum absolute atomic E-state index is 0. The minimum Gasteiger partial charge on any atom is -0.493 e. The van der Waals surface area contributed by atoms with Crippen LogP contribution in [0, 0.1) is 0 Å². The summed E-state index contributed by atoms with van der Waals surface area (Å²) in [6.07, 6.45) is 4.06. The van der Waals surface area contributed by atoms with Gasteiger partial charge in [-0.2, -0.15) is 0 Å². The van der Waals surface area contributed by atoms with E-state index in [0.717, 1.165) is 24.0 Å². The Morgan fingerprint density at radius 3 is 2.54 bits per heavy atom. The standard InChI is InChI=1S/C19H28N4O2.HI/c1-5-20-19(22-13-16-10-11-23(3)14-16)21-12-15(2)25-18-9-7-6-8-17(18)24-4;/h6-11,14-15H,5,12-13H2,1-4H3,(H2,20,21,22);1H. The van der Waals surface area contributed by atoms with Crippen molar-refractivity contribution in [1.82, 2.24) is 15.2 Å².